The van der Waals surface area contributed by atoms with Crippen molar-refractivity contribution in [2.24, 2.45) is 4.99 Å². The number of aliphatic imine (C=N–C) groups is 1. The maximum atomic E-state index is 6.31. The topological polar surface area (TPSA) is 12.4 Å². The van der Waals surface area contributed by atoms with E-state index in [2.05, 4.69) is 35.3 Å². The Hall–Kier alpha value is -0.652. The van der Waals surface area contributed by atoms with Crippen LogP contribution in [0.4, 0.5) is 5.69 Å². The van der Waals surface area contributed by atoms with E-state index in [4.69, 9.17) is 11.6 Å². The van der Waals surface area contributed by atoms with Gasteiger partial charge in [0.1, 0.15) is 0 Å². The first-order chi connectivity index (χ1) is 7.34. The van der Waals surface area contributed by atoms with Gasteiger partial charge >= 0.3 is 100 Å². The van der Waals surface area contributed by atoms with E-state index in [1.807, 2.05) is 6.07 Å². The summed E-state index contributed by atoms with van der Waals surface area (Å²) >= 11 is 6.36. The molecule has 1 aliphatic carbocycles. The fourth-order valence-corrected chi connectivity index (χ4v) is 4.66. The van der Waals surface area contributed by atoms with Crippen LogP contribution in [0.5, 0.6) is 0 Å². The molecule has 0 N–H and O–H groups in total. The number of rotatable bonds is 0. The standard InChI is InChI=1S/C12H9AsClN/c14-9-5-3-7-11-12(9)13-8-4-1-2-6-10(8)15-11/h1-4,6-7,9H,5H2. The van der Waals surface area contributed by atoms with E-state index < -0.39 is 0 Å². The van der Waals surface area contributed by atoms with Crippen molar-refractivity contribution in [1.29, 1.82) is 0 Å². The van der Waals surface area contributed by atoms with Gasteiger partial charge in [0.25, 0.3) is 0 Å². The van der Waals surface area contributed by atoms with Gasteiger partial charge < -0.3 is 0 Å². The van der Waals surface area contributed by atoms with Gasteiger partial charge in [-0.05, 0) is 0 Å². The first-order valence-electron chi connectivity index (χ1n) is 4.92. The molecule has 3 rings (SSSR count). The molecule has 2 aliphatic rings. The average Bonchev–Trinajstić information content (AvgIpc) is 2.27. The Morgan fingerprint density at radius 3 is 3.13 bits per heavy atom. The second kappa shape index (κ2) is 3.73. The Bertz CT molecular complexity index is 502. The zero-order valence-corrected chi connectivity index (χ0v) is 10.7. The Labute approximate surface area is 100 Å². The van der Waals surface area contributed by atoms with Gasteiger partial charge in [0, 0.05) is 0 Å². The second-order valence-electron chi connectivity index (χ2n) is 3.59. The fourth-order valence-electron chi connectivity index (χ4n) is 1.79. The Morgan fingerprint density at radius 2 is 2.20 bits per heavy atom. The molecule has 0 saturated carbocycles. The molecule has 1 nitrogen and oxygen atoms in total. The van der Waals surface area contributed by atoms with Crippen LogP contribution >= 0.6 is 11.6 Å². The van der Waals surface area contributed by atoms with E-state index in [0.717, 1.165) is 17.8 Å². The van der Waals surface area contributed by atoms with Crippen molar-refractivity contribution in [3.8, 4) is 0 Å². The van der Waals surface area contributed by atoms with Crippen LogP contribution in [-0.2, 0) is 0 Å². The molecular weight excluding hydrogens is 269 g/mol. The third kappa shape index (κ3) is 1.64. The normalized spacial score (nSPS) is 23.7. The molecule has 1 aliphatic heterocycles. The summed E-state index contributed by atoms with van der Waals surface area (Å²) in [6.45, 7) is 0. The average molecular weight is 278 g/mol. The molecule has 1 unspecified atom stereocenters. The summed E-state index contributed by atoms with van der Waals surface area (Å²) in [5, 5.41) is 0.169. The number of benzene rings is 1. The quantitative estimate of drug-likeness (QED) is 0.507. The minimum atomic E-state index is 0.0521. The van der Waals surface area contributed by atoms with Crippen molar-refractivity contribution in [2.75, 3.05) is 0 Å². The number of fused-ring (bicyclic) bond motifs is 2. The number of hydrogen-bond acceptors (Lipinski definition) is 1. The van der Waals surface area contributed by atoms with Gasteiger partial charge in [0.2, 0.25) is 0 Å². The molecule has 0 saturated heterocycles. The van der Waals surface area contributed by atoms with E-state index >= 15 is 0 Å². The van der Waals surface area contributed by atoms with Gasteiger partial charge in [-0.15, -0.1) is 0 Å². The molecule has 1 atom stereocenters. The molecule has 1 aromatic carbocycles. The van der Waals surface area contributed by atoms with Gasteiger partial charge in [0.15, 0.2) is 0 Å². The molecule has 0 fully saturated rings. The Balaban J connectivity index is 2.20. The molecule has 0 spiro atoms. The summed E-state index contributed by atoms with van der Waals surface area (Å²) < 4.78 is 2.75. The van der Waals surface area contributed by atoms with Gasteiger partial charge in [0.05, 0.1) is 0 Å². The minimum absolute atomic E-state index is 0.0521. The fraction of sp³-hybridized carbons (Fsp3) is 0.167. The molecule has 1 aromatic rings. The summed E-state index contributed by atoms with van der Waals surface area (Å²) in [7, 11) is 0. The van der Waals surface area contributed by atoms with Crippen LogP contribution in [0.2, 0.25) is 0 Å². The zero-order valence-electron chi connectivity index (χ0n) is 8.02. The molecule has 3 heteroatoms. The van der Waals surface area contributed by atoms with Gasteiger partial charge in [-0.1, -0.05) is 0 Å². The zero-order chi connectivity index (χ0) is 10.3. The van der Waals surface area contributed by atoms with Crippen molar-refractivity contribution in [1.82, 2.24) is 0 Å². The first-order valence-corrected chi connectivity index (χ1v) is 7.23. The molecule has 0 aromatic heterocycles. The summed E-state index contributed by atoms with van der Waals surface area (Å²) in [6, 6.07) is 8.38. The van der Waals surface area contributed by atoms with Crippen LogP contribution in [-0.4, -0.2) is 30.7 Å². The van der Waals surface area contributed by atoms with Crippen molar-refractivity contribution < 1.29 is 0 Å². The van der Waals surface area contributed by atoms with Gasteiger partial charge in [-0.2, -0.15) is 0 Å². The summed E-state index contributed by atoms with van der Waals surface area (Å²) in [6.07, 6.45) is 5.18. The number of para-hydroxylation sites is 1. The van der Waals surface area contributed by atoms with E-state index in [9.17, 15) is 0 Å². The second-order valence-corrected chi connectivity index (χ2v) is 6.61. The number of alkyl halides is 1. The van der Waals surface area contributed by atoms with E-state index in [1.165, 1.54) is 8.66 Å². The third-order valence-corrected chi connectivity index (χ3v) is 6.21. The van der Waals surface area contributed by atoms with E-state index in [1.54, 1.807) is 0 Å². The summed E-state index contributed by atoms with van der Waals surface area (Å²) in [4.78, 5) is 4.65. The molecule has 74 valence electrons. The molecule has 15 heavy (non-hydrogen) atoms. The van der Waals surface area contributed by atoms with Crippen LogP contribution in [0.15, 0.2) is 41.4 Å². The Morgan fingerprint density at radius 1 is 1.33 bits per heavy atom. The number of hydrogen-bond donors (Lipinski definition) is 0. The molecule has 0 amide bonds. The van der Waals surface area contributed by atoms with Crippen LogP contribution < -0.4 is 4.35 Å². The van der Waals surface area contributed by atoms with Crippen molar-refractivity contribution >= 4 is 47.0 Å². The Kier molecular flexibility index (Phi) is 2.38. The van der Waals surface area contributed by atoms with Crippen LogP contribution in [0.3, 0.4) is 0 Å². The SMILES string of the molecule is ClC1CC=CC2=Nc3ccccc3[As]=C21. The molecule has 0 bridgehead atoms. The summed E-state index contributed by atoms with van der Waals surface area (Å²) in [5.41, 5.74) is 2.24. The molecule has 1 heterocycles. The third-order valence-electron chi connectivity index (χ3n) is 2.54. The van der Waals surface area contributed by atoms with Crippen LogP contribution in [0.25, 0.3) is 0 Å². The first kappa shape index (κ1) is 9.57. The van der Waals surface area contributed by atoms with Gasteiger partial charge in [-0.3, -0.25) is 0 Å². The predicted octanol–water partition coefficient (Wildman–Crippen LogP) is 1.84. The monoisotopic (exact) mass is 277 g/mol. The van der Waals surface area contributed by atoms with E-state index in [0.29, 0.717) is 0 Å². The van der Waals surface area contributed by atoms with E-state index in [-0.39, 0.29) is 20.7 Å². The predicted molar refractivity (Wildman–Crippen MR) is 67.3 cm³/mol. The summed E-state index contributed by atoms with van der Waals surface area (Å²) in [5.74, 6) is 0. The van der Waals surface area contributed by atoms with Crippen molar-refractivity contribution in [3.63, 3.8) is 0 Å². The molecular formula is C12H9AsClN. The number of halogens is 1. The van der Waals surface area contributed by atoms with Crippen LogP contribution in [0, 0.1) is 0 Å². The number of allylic oxidation sites excluding steroid dienone is 2. The molecule has 0 radical (unpaired) electrons. The maximum absolute atomic E-state index is 6.31. The van der Waals surface area contributed by atoms with Crippen molar-refractivity contribution in [2.45, 2.75) is 11.8 Å². The number of nitrogens with zero attached hydrogens (tertiary/aromatic N) is 1. The van der Waals surface area contributed by atoms with Crippen molar-refractivity contribution in [3.05, 3.63) is 36.4 Å². The van der Waals surface area contributed by atoms with Crippen LogP contribution in [0.1, 0.15) is 6.42 Å². The van der Waals surface area contributed by atoms with Gasteiger partial charge in [-0.25, -0.2) is 0 Å².